The number of anilines is 2. The van der Waals surface area contributed by atoms with Gasteiger partial charge in [-0.1, -0.05) is 0 Å². The number of nitrogens with zero attached hydrogens (tertiary/aromatic N) is 2. The van der Waals surface area contributed by atoms with E-state index >= 15 is 0 Å². The Morgan fingerprint density at radius 3 is 2.43 bits per heavy atom. The van der Waals surface area contributed by atoms with Gasteiger partial charge in [0.25, 0.3) is 5.56 Å². The van der Waals surface area contributed by atoms with Crippen LogP contribution in [0.25, 0.3) is 0 Å². The van der Waals surface area contributed by atoms with Gasteiger partial charge in [-0.15, -0.1) is 0 Å². The molecule has 0 radical (unpaired) electrons. The van der Waals surface area contributed by atoms with Crippen LogP contribution < -0.4 is 20.3 Å². The molecule has 1 heterocycles. The summed E-state index contributed by atoms with van der Waals surface area (Å²) < 4.78 is 12.8. The lowest BCUT2D eigenvalue weighted by molar-refractivity contribution is 0.390. The normalized spacial score (nSPS) is 10.3. The Hall–Kier alpha value is -2.02. The molecular weight excluding hydrogens is 338 g/mol. The van der Waals surface area contributed by atoms with Crippen molar-refractivity contribution < 1.29 is 9.47 Å². The van der Waals surface area contributed by atoms with Gasteiger partial charge in [0, 0.05) is 36.8 Å². The van der Waals surface area contributed by atoms with Crippen LogP contribution in [-0.4, -0.2) is 23.8 Å². The van der Waals surface area contributed by atoms with Gasteiger partial charge in [0.2, 0.25) is 0 Å². The third kappa shape index (κ3) is 3.18. The Labute approximate surface area is 130 Å². The lowest BCUT2D eigenvalue weighted by Gasteiger charge is -2.13. The Kier molecular flexibility index (Phi) is 4.85. The van der Waals surface area contributed by atoms with Gasteiger partial charge in [-0.3, -0.25) is 4.79 Å². The van der Waals surface area contributed by atoms with Gasteiger partial charge >= 0.3 is 0 Å². The number of nitrogens with one attached hydrogen (secondary N) is 1. The van der Waals surface area contributed by atoms with E-state index in [9.17, 15) is 4.79 Å². The highest BCUT2D eigenvalue weighted by atomic mass is 79.9. The van der Waals surface area contributed by atoms with Crippen LogP contribution in [0.4, 0.5) is 11.5 Å². The molecule has 112 valence electrons. The molecule has 0 unspecified atom stereocenters. The summed E-state index contributed by atoms with van der Waals surface area (Å²) in [4.78, 5) is 16.2. The molecule has 0 aliphatic carbocycles. The first-order chi connectivity index (χ1) is 10.1. The highest BCUT2D eigenvalue weighted by Gasteiger charge is 2.11. The number of methoxy groups -OCH3 is 2. The van der Waals surface area contributed by atoms with Gasteiger partial charge in [0.1, 0.15) is 16.0 Å². The molecular formula is C14H16BrN3O3. The molecule has 1 N–H and O–H groups in total. The van der Waals surface area contributed by atoms with Crippen LogP contribution in [0.3, 0.4) is 0 Å². The minimum absolute atomic E-state index is 0.180. The topological polar surface area (TPSA) is 65.4 Å². The highest BCUT2D eigenvalue weighted by Crippen LogP contribution is 2.37. The summed E-state index contributed by atoms with van der Waals surface area (Å²) in [6.45, 7) is 2.49. The van der Waals surface area contributed by atoms with Crippen molar-refractivity contribution in [1.82, 2.24) is 9.55 Å². The summed E-state index contributed by atoms with van der Waals surface area (Å²) in [7, 11) is 3.13. The summed E-state index contributed by atoms with van der Waals surface area (Å²) in [5.41, 5.74) is 0.478. The van der Waals surface area contributed by atoms with Gasteiger partial charge in [0.05, 0.1) is 14.2 Å². The summed E-state index contributed by atoms with van der Waals surface area (Å²) in [6.07, 6.45) is 3.23. The van der Waals surface area contributed by atoms with Crippen molar-refractivity contribution in [2.45, 2.75) is 13.5 Å². The first-order valence-corrected chi connectivity index (χ1v) is 7.14. The molecule has 21 heavy (non-hydrogen) atoms. The van der Waals surface area contributed by atoms with Crippen LogP contribution >= 0.6 is 15.9 Å². The predicted octanol–water partition coefficient (Wildman–Crippen LogP) is 2.79. The van der Waals surface area contributed by atoms with E-state index in [0.717, 1.165) is 0 Å². The second-order valence-corrected chi connectivity index (χ2v) is 4.98. The van der Waals surface area contributed by atoms with E-state index in [0.29, 0.717) is 28.2 Å². The molecule has 0 fully saturated rings. The Balaban J connectivity index is 2.42. The van der Waals surface area contributed by atoms with Crippen molar-refractivity contribution in [3.05, 3.63) is 39.4 Å². The average Bonchev–Trinajstić information content (AvgIpc) is 2.50. The average molecular weight is 354 g/mol. The van der Waals surface area contributed by atoms with Crippen LogP contribution in [0.2, 0.25) is 0 Å². The summed E-state index contributed by atoms with van der Waals surface area (Å²) >= 11 is 3.40. The zero-order valence-electron chi connectivity index (χ0n) is 12.0. The van der Waals surface area contributed by atoms with Gasteiger partial charge in [-0.05, 0) is 22.9 Å². The second kappa shape index (κ2) is 6.62. The fourth-order valence-electron chi connectivity index (χ4n) is 1.86. The molecule has 0 atom stereocenters. The maximum absolute atomic E-state index is 12.1. The van der Waals surface area contributed by atoms with E-state index in [1.165, 1.54) is 0 Å². The van der Waals surface area contributed by atoms with E-state index < -0.39 is 0 Å². The Morgan fingerprint density at radius 1 is 1.29 bits per heavy atom. The van der Waals surface area contributed by atoms with Crippen LogP contribution in [0.5, 0.6) is 11.5 Å². The number of rotatable bonds is 5. The standard InChI is InChI=1S/C14H16BrN3O3/c1-4-18-6-5-16-13(14(18)19)17-9-7-10(20-2)12(15)11(8-9)21-3/h5-8H,4H2,1-3H3,(H,16,17). The van der Waals surface area contributed by atoms with E-state index in [2.05, 4.69) is 26.2 Å². The molecule has 7 heteroatoms. The first kappa shape index (κ1) is 15.4. The smallest absolute Gasteiger partial charge is 0.293 e. The zero-order valence-corrected chi connectivity index (χ0v) is 13.6. The molecule has 1 aromatic carbocycles. The summed E-state index contributed by atoms with van der Waals surface area (Å²) in [5, 5.41) is 3.00. The maximum Gasteiger partial charge on any atom is 0.293 e. The fraction of sp³-hybridized carbons (Fsp3) is 0.286. The third-order valence-corrected chi connectivity index (χ3v) is 3.74. The Morgan fingerprint density at radius 2 is 1.90 bits per heavy atom. The molecule has 0 saturated heterocycles. The van der Waals surface area contributed by atoms with Crippen molar-refractivity contribution in [1.29, 1.82) is 0 Å². The van der Waals surface area contributed by atoms with Crippen molar-refractivity contribution in [3.8, 4) is 11.5 Å². The highest BCUT2D eigenvalue weighted by molar-refractivity contribution is 9.10. The number of benzene rings is 1. The molecule has 0 aliphatic rings. The van der Waals surface area contributed by atoms with Crippen LogP contribution in [-0.2, 0) is 6.54 Å². The SMILES string of the molecule is CCn1ccnc(Nc2cc(OC)c(Br)c(OC)c2)c1=O. The quantitative estimate of drug-likeness (QED) is 0.895. The number of ether oxygens (including phenoxy) is 2. The minimum atomic E-state index is -0.180. The fourth-order valence-corrected chi connectivity index (χ4v) is 2.41. The zero-order chi connectivity index (χ0) is 15.4. The van der Waals surface area contributed by atoms with Crippen LogP contribution in [0, 0.1) is 0 Å². The first-order valence-electron chi connectivity index (χ1n) is 6.34. The van der Waals surface area contributed by atoms with Gasteiger partial charge in [0.15, 0.2) is 5.82 Å². The molecule has 0 saturated carbocycles. The van der Waals surface area contributed by atoms with Gasteiger partial charge in [-0.25, -0.2) is 4.98 Å². The van der Waals surface area contributed by atoms with Crippen molar-refractivity contribution in [2.75, 3.05) is 19.5 Å². The summed E-state index contributed by atoms with van der Waals surface area (Å²) in [5.74, 6) is 1.46. The number of halogens is 1. The lowest BCUT2D eigenvalue weighted by atomic mass is 10.2. The molecule has 0 spiro atoms. The van der Waals surface area contributed by atoms with Crippen molar-refractivity contribution >= 4 is 27.4 Å². The monoisotopic (exact) mass is 353 g/mol. The molecule has 1 aromatic heterocycles. The van der Waals surface area contributed by atoms with Crippen LogP contribution in [0.1, 0.15) is 6.92 Å². The molecule has 0 amide bonds. The number of aryl methyl sites for hydroxylation is 1. The largest absolute Gasteiger partial charge is 0.495 e. The molecule has 2 aromatic rings. The molecule has 6 nitrogen and oxygen atoms in total. The third-order valence-electron chi connectivity index (χ3n) is 2.96. The molecule has 2 rings (SSSR count). The number of hydrogen-bond donors (Lipinski definition) is 1. The minimum Gasteiger partial charge on any atom is -0.495 e. The van der Waals surface area contributed by atoms with E-state index in [1.807, 2.05) is 6.92 Å². The lowest BCUT2D eigenvalue weighted by Crippen LogP contribution is -2.22. The van der Waals surface area contributed by atoms with E-state index in [-0.39, 0.29) is 11.4 Å². The van der Waals surface area contributed by atoms with Crippen molar-refractivity contribution in [2.24, 2.45) is 0 Å². The molecule has 0 bridgehead atoms. The van der Waals surface area contributed by atoms with Crippen molar-refractivity contribution in [3.63, 3.8) is 0 Å². The maximum atomic E-state index is 12.1. The predicted molar refractivity (Wildman–Crippen MR) is 84.7 cm³/mol. The van der Waals surface area contributed by atoms with E-state index in [4.69, 9.17) is 9.47 Å². The van der Waals surface area contributed by atoms with Gasteiger partial charge < -0.3 is 19.4 Å². The van der Waals surface area contributed by atoms with Crippen LogP contribution in [0.15, 0.2) is 33.8 Å². The summed E-state index contributed by atoms with van der Waals surface area (Å²) in [6, 6.07) is 3.52. The number of hydrogen-bond acceptors (Lipinski definition) is 5. The van der Waals surface area contributed by atoms with Gasteiger partial charge in [-0.2, -0.15) is 0 Å². The second-order valence-electron chi connectivity index (χ2n) is 4.19. The Bertz CT molecular complexity index is 675. The van der Waals surface area contributed by atoms with E-state index in [1.54, 1.807) is 43.3 Å². The molecule has 0 aliphatic heterocycles. The number of aromatic nitrogens is 2.